The average molecular weight is 370 g/mol. The average Bonchev–Trinajstić information content (AvgIpc) is 3.26. The fraction of sp³-hybridized carbons (Fsp3) is 0.316. The van der Waals surface area contributed by atoms with Gasteiger partial charge in [0.25, 0.3) is 0 Å². The van der Waals surface area contributed by atoms with Crippen LogP contribution >= 0.6 is 0 Å². The lowest BCUT2D eigenvalue weighted by Crippen LogP contribution is -2.46. The van der Waals surface area contributed by atoms with Crippen molar-refractivity contribution < 1.29 is 18.4 Å². The van der Waals surface area contributed by atoms with E-state index in [0.29, 0.717) is 6.54 Å². The molecule has 0 saturated carbocycles. The molecule has 1 aromatic carbocycles. The van der Waals surface area contributed by atoms with E-state index >= 15 is 0 Å². The van der Waals surface area contributed by atoms with Crippen LogP contribution in [0.2, 0.25) is 0 Å². The third-order valence-corrected chi connectivity index (χ3v) is 5.65. The van der Waals surface area contributed by atoms with Crippen LogP contribution in [0.1, 0.15) is 35.2 Å². The number of hydrogen-bond acceptors (Lipinski definition) is 3. The van der Waals surface area contributed by atoms with Crippen LogP contribution < -0.4 is 5.32 Å². The molecule has 8 heteroatoms. The molecule has 6 nitrogen and oxygen atoms in total. The van der Waals surface area contributed by atoms with Gasteiger partial charge in [0.05, 0.1) is 24.0 Å². The second-order valence-corrected chi connectivity index (χ2v) is 7.15. The number of nitrogens with one attached hydrogen (secondary N) is 1. The number of halogens is 2. The Morgan fingerprint density at radius 3 is 3.00 bits per heavy atom. The lowest BCUT2D eigenvalue weighted by Gasteiger charge is -2.33. The number of benzene rings is 1. The van der Waals surface area contributed by atoms with Crippen molar-refractivity contribution in [2.45, 2.75) is 24.9 Å². The van der Waals surface area contributed by atoms with E-state index in [4.69, 9.17) is 0 Å². The van der Waals surface area contributed by atoms with Gasteiger partial charge >= 0.3 is 6.03 Å². The molecule has 1 aliphatic carbocycles. The Hall–Kier alpha value is -3.03. The molecule has 2 aliphatic heterocycles. The van der Waals surface area contributed by atoms with Crippen LogP contribution in [0.3, 0.4) is 0 Å². The van der Waals surface area contributed by atoms with Gasteiger partial charge in [0.2, 0.25) is 5.91 Å². The molecule has 1 aromatic heterocycles. The fourth-order valence-corrected chi connectivity index (χ4v) is 4.35. The first kappa shape index (κ1) is 16.2. The summed E-state index contributed by atoms with van der Waals surface area (Å²) in [5.74, 6) is -1.92. The number of hydrogen-bond donors (Lipinski definition) is 1. The fourth-order valence-electron chi connectivity index (χ4n) is 4.35. The maximum absolute atomic E-state index is 14.1. The highest BCUT2D eigenvalue weighted by atomic mass is 19.2. The van der Waals surface area contributed by atoms with Gasteiger partial charge in [-0.15, -0.1) is 0 Å². The van der Waals surface area contributed by atoms with E-state index in [1.54, 1.807) is 11.1 Å². The van der Waals surface area contributed by atoms with Crippen molar-refractivity contribution in [1.82, 2.24) is 14.8 Å². The number of urea groups is 1. The van der Waals surface area contributed by atoms with Crippen LogP contribution in [-0.4, -0.2) is 39.8 Å². The first-order chi connectivity index (χ1) is 13.0. The summed E-state index contributed by atoms with van der Waals surface area (Å²) in [6, 6.07) is 5.67. The number of likely N-dealkylation sites (tertiary alicyclic amines) is 1. The zero-order chi connectivity index (χ0) is 18.7. The monoisotopic (exact) mass is 370 g/mol. The number of rotatable bonds is 2. The Labute approximate surface area is 153 Å². The second-order valence-electron chi connectivity index (χ2n) is 7.15. The van der Waals surface area contributed by atoms with Crippen LogP contribution in [0.25, 0.3) is 0 Å². The Morgan fingerprint density at radius 2 is 2.15 bits per heavy atom. The van der Waals surface area contributed by atoms with Crippen LogP contribution in [0, 0.1) is 11.6 Å². The van der Waals surface area contributed by atoms with Gasteiger partial charge in [-0.3, -0.25) is 9.78 Å². The Morgan fingerprint density at radius 1 is 1.30 bits per heavy atom. The molecular formula is C19H16F2N4O2. The van der Waals surface area contributed by atoms with Gasteiger partial charge in [0.15, 0.2) is 11.6 Å². The zero-order valence-corrected chi connectivity index (χ0v) is 14.3. The number of nitrogens with zero attached hydrogens (tertiary/aromatic N) is 3. The highest BCUT2D eigenvalue weighted by Gasteiger charge is 2.45. The Balaban J connectivity index is 1.35. The number of carbonyl (C=O) groups excluding carboxylic acids is 2. The van der Waals surface area contributed by atoms with E-state index in [9.17, 15) is 18.4 Å². The maximum Gasteiger partial charge on any atom is 0.322 e. The number of amides is 3. The van der Waals surface area contributed by atoms with E-state index in [2.05, 4.69) is 10.3 Å². The zero-order valence-electron chi connectivity index (χ0n) is 14.3. The molecule has 3 heterocycles. The number of fused-ring (bicyclic) bond motifs is 6. The van der Waals surface area contributed by atoms with Gasteiger partial charge in [-0.2, -0.15) is 0 Å². The summed E-state index contributed by atoms with van der Waals surface area (Å²) in [6.45, 7) is 0.261. The van der Waals surface area contributed by atoms with Gasteiger partial charge < -0.3 is 15.1 Å². The molecule has 1 unspecified atom stereocenters. The predicted octanol–water partition coefficient (Wildman–Crippen LogP) is 2.78. The molecule has 1 N–H and O–H groups in total. The highest BCUT2D eigenvalue weighted by Crippen LogP contribution is 2.49. The summed E-state index contributed by atoms with van der Waals surface area (Å²) in [4.78, 5) is 32.5. The van der Waals surface area contributed by atoms with E-state index in [-0.39, 0.29) is 42.2 Å². The minimum Gasteiger partial charge on any atom is -0.332 e. The molecule has 3 aliphatic rings. The molecule has 5 rings (SSSR count). The Kier molecular flexibility index (Phi) is 3.43. The second kappa shape index (κ2) is 5.73. The van der Waals surface area contributed by atoms with Crippen molar-refractivity contribution in [3.63, 3.8) is 0 Å². The number of aromatic nitrogens is 1. The van der Waals surface area contributed by atoms with Gasteiger partial charge in [-0.25, -0.2) is 13.6 Å². The van der Waals surface area contributed by atoms with E-state index in [1.807, 2.05) is 12.1 Å². The first-order valence-corrected chi connectivity index (χ1v) is 8.80. The molecule has 2 aromatic rings. The summed E-state index contributed by atoms with van der Waals surface area (Å²) >= 11 is 0. The molecule has 1 fully saturated rings. The minimum absolute atomic E-state index is 0.0531. The van der Waals surface area contributed by atoms with Gasteiger partial charge in [0.1, 0.15) is 6.54 Å². The molecule has 0 spiro atoms. The smallest absolute Gasteiger partial charge is 0.322 e. The molecule has 3 amide bonds. The van der Waals surface area contributed by atoms with E-state index in [1.165, 1.54) is 16.5 Å². The van der Waals surface area contributed by atoms with Crippen LogP contribution in [-0.2, 0) is 11.3 Å². The maximum atomic E-state index is 14.1. The highest BCUT2D eigenvalue weighted by molar-refractivity contribution is 5.95. The summed E-state index contributed by atoms with van der Waals surface area (Å²) in [5.41, 5.74) is 2.40. The van der Waals surface area contributed by atoms with E-state index in [0.717, 1.165) is 18.2 Å². The van der Waals surface area contributed by atoms with Gasteiger partial charge in [-0.05, 0) is 30.2 Å². The summed E-state index contributed by atoms with van der Waals surface area (Å²) in [6.07, 6.45) is 2.56. The third kappa shape index (κ3) is 2.39. The largest absolute Gasteiger partial charge is 0.332 e. The van der Waals surface area contributed by atoms with Crippen molar-refractivity contribution >= 4 is 17.6 Å². The lowest BCUT2D eigenvalue weighted by molar-refractivity contribution is -0.133. The molecule has 2 bridgehead atoms. The SMILES string of the molecule is O=C1Nc2ccc(F)c(F)c2CN1CC(=O)N1CC2C[C@@H]1c1ncccc12. The van der Waals surface area contributed by atoms with Crippen molar-refractivity contribution in [2.75, 3.05) is 18.4 Å². The van der Waals surface area contributed by atoms with Crippen molar-refractivity contribution in [2.24, 2.45) is 0 Å². The normalized spacial score (nSPS) is 22.5. The Bertz CT molecular complexity index is 980. The summed E-state index contributed by atoms with van der Waals surface area (Å²) in [7, 11) is 0. The number of pyridine rings is 1. The minimum atomic E-state index is -0.997. The standard InChI is InChI=1S/C19H16F2N4O2/c20-13-3-4-14-12(17(13)21)8-24(19(27)23-14)9-16(26)25-7-10-6-15(25)18-11(10)2-1-5-22-18/h1-5,10,15H,6-9H2,(H,23,27)/t10?,15-/m1/s1. The molecule has 0 radical (unpaired) electrons. The number of anilines is 1. The van der Waals surface area contributed by atoms with Crippen LogP contribution in [0.5, 0.6) is 0 Å². The molecule has 27 heavy (non-hydrogen) atoms. The summed E-state index contributed by atoms with van der Waals surface area (Å²) < 4.78 is 27.5. The lowest BCUT2D eigenvalue weighted by atomic mass is 10.0. The van der Waals surface area contributed by atoms with Crippen LogP contribution in [0.4, 0.5) is 19.3 Å². The molecule has 1 saturated heterocycles. The van der Waals surface area contributed by atoms with Crippen LogP contribution in [0.15, 0.2) is 30.5 Å². The van der Waals surface area contributed by atoms with Crippen molar-refractivity contribution in [3.8, 4) is 0 Å². The topological polar surface area (TPSA) is 65.5 Å². The van der Waals surface area contributed by atoms with Gasteiger partial charge in [0, 0.05) is 24.2 Å². The molecular weight excluding hydrogens is 354 g/mol. The predicted molar refractivity (Wildman–Crippen MR) is 91.8 cm³/mol. The third-order valence-electron chi connectivity index (χ3n) is 5.65. The van der Waals surface area contributed by atoms with Crippen molar-refractivity contribution in [1.29, 1.82) is 0 Å². The molecule has 138 valence electrons. The summed E-state index contributed by atoms with van der Waals surface area (Å²) in [5, 5.41) is 2.52. The quantitative estimate of drug-likeness (QED) is 0.884. The van der Waals surface area contributed by atoms with Gasteiger partial charge in [-0.1, -0.05) is 6.07 Å². The molecule has 2 atom stereocenters. The van der Waals surface area contributed by atoms with Crippen molar-refractivity contribution in [3.05, 3.63) is 58.9 Å². The van der Waals surface area contributed by atoms with E-state index < -0.39 is 17.7 Å². The number of carbonyl (C=O) groups is 2. The first-order valence-electron chi connectivity index (χ1n) is 8.80.